The summed E-state index contributed by atoms with van der Waals surface area (Å²) < 4.78 is 0. The number of carbonyl (C=O) groups excluding carboxylic acids is 1. The molecule has 1 heterocycles. The number of benzene rings is 2. The molecule has 3 heteroatoms. The van der Waals surface area contributed by atoms with Crippen LogP contribution in [0.2, 0.25) is 0 Å². The van der Waals surface area contributed by atoms with Crippen LogP contribution in [0.3, 0.4) is 0 Å². The van der Waals surface area contributed by atoms with Crippen molar-refractivity contribution in [3.8, 4) is 0 Å². The van der Waals surface area contributed by atoms with Crippen LogP contribution in [0.5, 0.6) is 0 Å². The summed E-state index contributed by atoms with van der Waals surface area (Å²) in [5.41, 5.74) is 1.10. The van der Waals surface area contributed by atoms with Gasteiger partial charge in [-0.3, -0.25) is 4.79 Å². The van der Waals surface area contributed by atoms with Crippen molar-refractivity contribution in [3.63, 3.8) is 0 Å². The molecule has 0 aromatic heterocycles. The lowest BCUT2D eigenvalue weighted by Gasteiger charge is -2.12. The topological polar surface area (TPSA) is 41.1 Å². The Morgan fingerprint density at radius 3 is 2.89 bits per heavy atom. The zero-order valence-electron chi connectivity index (χ0n) is 10.9. The van der Waals surface area contributed by atoms with Crippen LogP contribution in [0.25, 0.3) is 10.8 Å². The van der Waals surface area contributed by atoms with Gasteiger partial charge in [-0.2, -0.15) is 0 Å². The van der Waals surface area contributed by atoms with Crippen LogP contribution < -0.4 is 10.6 Å². The molecule has 0 spiro atoms. The van der Waals surface area contributed by atoms with E-state index in [4.69, 9.17) is 0 Å². The van der Waals surface area contributed by atoms with E-state index in [9.17, 15) is 4.79 Å². The smallest absolute Gasteiger partial charge is 0.224 e. The highest BCUT2D eigenvalue weighted by molar-refractivity contribution is 5.90. The van der Waals surface area contributed by atoms with Gasteiger partial charge in [-0.25, -0.2) is 0 Å². The van der Waals surface area contributed by atoms with E-state index in [1.54, 1.807) is 0 Å². The molecule has 1 amide bonds. The molecule has 0 bridgehead atoms. The second-order valence-electron chi connectivity index (χ2n) is 5.07. The third-order valence-corrected chi connectivity index (χ3v) is 3.66. The van der Waals surface area contributed by atoms with Gasteiger partial charge < -0.3 is 10.6 Å². The monoisotopic (exact) mass is 254 g/mol. The highest BCUT2D eigenvalue weighted by atomic mass is 16.1. The highest BCUT2D eigenvalue weighted by Crippen LogP contribution is 2.18. The van der Waals surface area contributed by atoms with Gasteiger partial charge in [-0.15, -0.1) is 0 Å². The summed E-state index contributed by atoms with van der Waals surface area (Å²) in [6.45, 7) is 1.89. The molecule has 0 radical (unpaired) electrons. The molecule has 3 rings (SSSR count). The predicted molar refractivity (Wildman–Crippen MR) is 77.1 cm³/mol. The maximum absolute atomic E-state index is 12.1. The zero-order chi connectivity index (χ0) is 13.1. The van der Waals surface area contributed by atoms with Crippen LogP contribution in [0.15, 0.2) is 42.5 Å². The Hall–Kier alpha value is -1.87. The summed E-state index contributed by atoms with van der Waals surface area (Å²) in [5.74, 6) is 0.116. The fourth-order valence-electron chi connectivity index (χ4n) is 2.68. The third-order valence-electron chi connectivity index (χ3n) is 3.66. The van der Waals surface area contributed by atoms with E-state index in [0.29, 0.717) is 12.5 Å². The van der Waals surface area contributed by atoms with Crippen molar-refractivity contribution >= 4 is 16.7 Å². The molecule has 0 unspecified atom stereocenters. The van der Waals surface area contributed by atoms with Gasteiger partial charge in [-0.05, 0) is 29.3 Å². The molecule has 0 saturated carbocycles. The number of rotatable bonds is 3. The fraction of sp³-hybridized carbons (Fsp3) is 0.312. The van der Waals surface area contributed by atoms with Gasteiger partial charge in [0.1, 0.15) is 0 Å². The first-order valence-electron chi connectivity index (χ1n) is 6.79. The van der Waals surface area contributed by atoms with Crippen molar-refractivity contribution in [2.75, 3.05) is 13.1 Å². The molecule has 98 valence electrons. The van der Waals surface area contributed by atoms with Crippen molar-refractivity contribution in [2.45, 2.75) is 18.9 Å². The average Bonchev–Trinajstić information content (AvgIpc) is 2.92. The van der Waals surface area contributed by atoms with Crippen LogP contribution >= 0.6 is 0 Å². The molecule has 1 atom stereocenters. The largest absolute Gasteiger partial charge is 0.352 e. The lowest BCUT2D eigenvalue weighted by atomic mass is 10.0. The molecule has 0 aliphatic carbocycles. The lowest BCUT2D eigenvalue weighted by Crippen LogP contribution is -2.37. The van der Waals surface area contributed by atoms with Crippen molar-refractivity contribution < 1.29 is 4.79 Å². The minimum Gasteiger partial charge on any atom is -0.352 e. The summed E-state index contributed by atoms with van der Waals surface area (Å²) in [6.07, 6.45) is 1.49. The van der Waals surface area contributed by atoms with Crippen LogP contribution in [-0.2, 0) is 11.2 Å². The minimum absolute atomic E-state index is 0.116. The quantitative estimate of drug-likeness (QED) is 0.878. The minimum atomic E-state index is 0.116. The van der Waals surface area contributed by atoms with Crippen LogP contribution in [0, 0.1) is 0 Å². The molecule has 1 fully saturated rings. The SMILES string of the molecule is O=C(Cc1cccc2ccccc12)N[C@H]1CCNC1. The third kappa shape index (κ3) is 2.76. The zero-order valence-corrected chi connectivity index (χ0v) is 10.9. The Morgan fingerprint density at radius 2 is 2.05 bits per heavy atom. The molecule has 2 aromatic rings. The van der Waals surface area contributed by atoms with Gasteiger partial charge in [0.05, 0.1) is 6.42 Å². The predicted octanol–water partition coefficient (Wildman–Crippen LogP) is 1.86. The van der Waals surface area contributed by atoms with E-state index in [1.807, 2.05) is 24.3 Å². The molecule has 2 aromatic carbocycles. The normalized spacial score (nSPS) is 18.6. The van der Waals surface area contributed by atoms with E-state index >= 15 is 0 Å². The summed E-state index contributed by atoms with van der Waals surface area (Å²) in [6, 6.07) is 14.6. The van der Waals surface area contributed by atoms with Crippen LogP contribution in [0.1, 0.15) is 12.0 Å². The Bertz CT molecular complexity index is 583. The average molecular weight is 254 g/mol. The van der Waals surface area contributed by atoms with E-state index in [2.05, 4.69) is 28.8 Å². The number of nitrogens with one attached hydrogen (secondary N) is 2. The first-order valence-corrected chi connectivity index (χ1v) is 6.79. The molecule has 19 heavy (non-hydrogen) atoms. The van der Waals surface area contributed by atoms with E-state index < -0.39 is 0 Å². The molecular weight excluding hydrogens is 236 g/mol. The Balaban J connectivity index is 1.75. The van der Waals surface area contributed by atoms with Gasteiger partial charge in [0, 0.05) is 12.6 Å². The number of hydrogen-bond donors (Lipinski definition) is 2. The van der Waals surface area contributed by atoms with Gasteiger partial charge in [0.25, 0.3) is 0 Å². The first kappa shape index (κ1) is 12.2. The number of amides is 1. The first-order chi connectivity index (χ1) is 9.33. The van der Waals surface area contributed by atoms with Gasteiger partial charge in [-0.1, -0.05) is 42.5 Å². The highest BCUT2D eigenvalue weighted by Gasteiger charge is 2.17. The van der Waals surface area contributed by atoms with Crippen LogP contribution in [0.4, 0.5) is 0 Å². The second-order valence-corrected chi connectivity index (χ2v) is 5.07. The summed E-state index contributed by atoms with van der Waals surface area (Å²) in [7, 11) is 0. The number of fused-ring (bicyclic) bond motifs is 1. The summed E-state index contributed by atoms with van der Waals surface area (Å²) >= 11 is 0. The molecule has 2 N–H and O–H groups in total. The van der Waals surface area contributed by atoms with E-state index in [0.717, 1.165) is 25.1 Å². The molecule has 1 saturated heterocycles. The second kappa shape index (κ2) is 5.41. The van der Waals surface area contributed by atoms with E-state index in [1.165, 1.54) is 10.8 Å². The maximum Gasteiger partial charge on any atom is 0.224 e. The molecular formula is C16H18N2O. The standard InChI is InChI=1S/C16H18N2O/c19-16(18-14-8-9-17-11-14)10-13-6-3-5-12-4-1-2-7-15(12)13/h1-7,14,17H,8-11H2,(H,18,19)/t14-/m0/s1. The van der Waals surface area contributed by atoms with Crippen molar-refractivity contribution in [1.82, 2.24) is 10.6 Å². The molecule has 3 nitrogen and oxygen atoms in total. The molecule has 1 aliphatic heterocycles. The molecule has 1 aliphatic rings. The summed E-state index contributed by atoms with van der Waals surface area (Å²) in [5, 5.41) is 8.71. The Labute approximate surface area is 113 Å². The Kier molecular flexibility index (Phi) is 3.47. The van der Waals surface area contributed by atoms with Gasteiger partial charge in [0.15, 0.2) is 0 Å². The maximum atomic E-state index is 12.1. The summed E-state index contributed by atoms with van der Waals surface area (Å²) in [4.78, 5) is 12.1. The van der Waals surface area contributed by atoms with Crippen LogP contribution in [-0.4, -0.2) is 25.0 Å². The number of hydrogen-bond acceptors (Lipinski definition) is 2. The number of carbonyl (C=O) groups is 1. The van der Waals surface area contributed by atoms with Crippen molar-refractivity contribution in [1.29, 1.82) is 0 Å². The van der Waals surface area contributed by atoms with E-state index in [-0.39, 0.29) is 5.91 Å². The van der Waals surface area contributed by atoms with Gasteiger partial charge >= 0.3 is 0 Å². The lowest BCUT2D eigenvalue weighted by molar-refractivity contribution is -0.121. The van der Waals surface area contributed by atoms with Gasteiger partial charge in [0.2, 0.25) is 5.91 Å². The van der Waals surface area contributed by atoms with Crippen molar-refractivity contribution in [3.05, 3.63) is 48.0 Å². The Morgan fingerprint density at radius 1 is 1.21 bits per heavy atom. The fourth-order valence-corrected chi connectivity index (χ4v) is 2.68. The van der Waals surface area contributed by atoms with Crippen molar-refractivity contribution in [2.24, 2.45) is 0 Å².